The zero-order valence-electron chi connectivity index (χ0n) is 11.3. The zero-order chi connectivity index (χ0) is 13.5. The van der Waals surface area contributed by atoms with E-state index in [0.717, 1.165) is 36.3 Å². The van der Waals surface area contributed by atoms with E-state index in [1.54, 1.807) is 0 Å². The average molecular weight is 258 g/mol. The molecule has 1 aliphatic heterocycles. The number of hydrogen-bond donors (Lipinski definition) is 0. The summed E-state index contributed by atoms with van der Waals surface area (Å²) >= 11 is 0. The van der Waals surface area contributed by atoms with Crippen molar-refractivity contribution in [1.82, 2.24) is 4.90 Å². The Morgan fingerprint density at radius 3 is 2.58 bits per heavy atom. The molecule has 1 atom stereocenters. The van der Waals surface area contributed by atoms with Gasteiger partial charge in [0.15, 0.2) is 11.5 Å². The molecule has 0 amide bonds. The van der Waals surface area contributed by atoms with E-state index in [1.165, 1.54) is 0 Å². The van der Waals surface area contributed by atoms with Crippen LogP contribution in [0.4, 0.5) is 0 Å². The first-order valence-electron chi connectivity index (χ1n) is 6.63. The third-order valence-corrected chi connectivity index (χ3v) is 4.22. The lowest BCUT2D eigenvalue weighted by molar-refractivity contribution is 0.0747. The van der Waals surface area contributed by atoms with E-state index in [9.17, 15) is 5.26 Å². The van der Waals surface area contributed by atoms with Crippen molar-refractivity contribution in [2.45, 2.75) is 25.3 Å². The maximum absolute atomic E-state index is 9.58. The Labute approximate surface area is 113 Å². The zero-order valence-corrected chi connectivity index (χ0v) is 11.3. The lowest BCUT2D eigenvalue weighted by Gasteiger charge is -2.45. The van der Waals surface area contributed by atoms with Crippen LogP contribution in [-0.2, 0) is 0 Å². The number of fused-ring (bicyclic) bond motifs is 1. The van der Waals surface area contributed by atoms with Crippen LogP contribution < -0.4 is 9.47 Å². The molecule has 0 radical (unpaired) electrons. The largest absolute Gasteiger partial charge is 0.454 e. The number of nitrogens with zero attached hydrogens (tertiary/aromatic N) is 2. The fourth-order valence-corrected chi connectivity index (χ4v) is 3.20. The molecule has 0 saturated heterocycles. The Morgan fingerprint density at radius 1 is 1.26 bits per heavy atom. The Bertz CT molecular complexity index is 529. The molecule has 1 aromatic rings. The maximum Gasteiger partial charge on any atom is 0.231 e. The third kappa shape index (κ3) is 1.85. The van der Waals surface area contributed by atoms with Gasteiger partial charge < -0.3 is 14.4 Å². The maximum atomic E-state index is 9.58. The Hall–Kier alpha value is -1.73. The highest BCUT2D eigenvalue weighted by Crippen LogP contribution is 2.52. The summed E-state index contributed by atoms with van der Waals surface area (Å²) < 4.78 is 10.8. The van der Waals surface area contributed by atoms with Gasteiger partial charge in [-0.1, -0.05) is 12.5 Å². The summed E-state index contributed by atoms with van der Waals surface area (Å²) in [5.74, 6) is 1.58. The summed E-state index contributed by atoms with van der Waals surface area (Å²) in [4.78, 5) is 2.14. The smallest absolute Gasteiger partial charge is 0.231 e. The van der Waals surface area contributed by atoms with E-state index >= 15 is 0 Å². The molecule has 1 aromatic carbocycles. The van der Waals surface area contributed by atoms with Crippen LogP contribution in [0.5, 0.6) is 11.5 Å². The second kappa shape index (κ2) is 4.43. The molecule has 0 aromatic heterocycles. The number of benzene rings is 1. The van der Waals surface area contributed by atoms with Gasteiger partial charge in [-0.15, -0.1) is 0 Å². The van der Waals surface area contributed by atoms with Gasteiger partial charge in [0.25, 0.3) is 0 Å². The fraction of sp³-hybridized carbons (Fsp3) is 0.533. The summed E-state index contributed by atoms with van der Waals surface area (Å²) in [6, 6.07) is 8.67. The first-order valence-corrected chi connectivity index (χ1v) is 6.63. The quantitative estimate of drug-likeness (QED) is 0.836. The molecule has 1 aliphatic carbocycles. The lowest BCUT2D eigenvalue weighted by atomic mass is 9.63. The highest BCUT2D eigenvalue weighted by molar-refractivity contribution is 5.46. The van der Waals surface area contributed by atoms with Crippen molar-refractivity contribution < 1.29 is 9.47 Å². The number of hydrogen-bond acceptors (Lipinski definition) is 4. The molecule has 4 nitrogen and oxygen atoms in total. The average Bonchev–Trinajstić information content (AvgIpc) is 2.80. The topological polar surface area (TPSA) is 45.5 Å². The van der Waals surface area contributed by atoms with Gasteiger partial charge in [0.2, 0.25) is 6.79 Å². The van der Waals surface area contributed by atoms with Gasteiger partial charge >= 0.3 is 0 Å². The molecule has 2 aliphatic rings. The standard InChI is InChI=1S/C15H18N2O2/c1-17(2)14(15(9-16)6-3-7-15)11-4-5-12-13(8-11)19-10-18-12/h4-5,8,14H,3,6-7,10H2,1-2H3. The highest BCUT2D eigenvalue weighted by atomic mass is 16.7. The molecule has 0 N–H and O–H groups in total. The van der Waals surface area contributed by atoms with Crippen LogP contribution in [0.2, 0.25) is 0 Å². The molecule has 100 valence electrons. The van der Waals surface area contributed by atoms with Crippen LogP contribution in [0.25, 0.3) is 0 Å². The second-order valence-electron chi connectivity index (χ2n) is 5.60. The molecule has 1 heterocycles. The predicted octanol–water partition coefficient (Wildman–Crippen LogP) is 2.71. The molecule has 0 bridgehead atoms. The molecule has 1 unspecified atom stereocenters. The Morgan fingerprint density at radius 2 is 2.00 bits per heavy atom. The van der Waals surface area contributed by atoms with Crippen molar-refractivity contribution in [3.63, 3.8) is 0 Å². The number of rotatable bonds is 3. The predicted molar refractivity (Wildman–Crippen MR) is 70.9 cm³/mol. The van der Waals surface area contributed by atoms with Crippen LogP contribution in [-0.4, -0.2) is 25.8 Å². The van der Waals surface area contributed by atoms with Gasteiger partial charge in [-0.05, 0) is 44.6 Å². The minimum atomic E-state index is -0.253. The first-order chi connectivity index (χ1) is 9.16. The van der Waals surface area contributed by atoms with Crippen LogP contribution >= 0.6 is 0 Å². The molecular weight excluding hydrogens is 240 g/mol. The van der Waals surface area contributed by atoms with Gasteiger partial charge in [0, 0.05) is 0 Å². The fourth-order valence-electron chi connectivity index (χ4n) is 3.20. The van der Waals surface area contributed by atoms with E-state index in [4.69, 9.17) is 9.47 Å². The third-order valence-electron chi connectivity index (χ3n) is 4.22. The van der Waals surface area contributed by atoms with Crippen molar-refractivity contribution in [3.05, 3.63) is 23.8 Å². The molecule has 0 spiro atoms. The highest BCUT2D eigenvalue weighted by Gasteiger charge is 2.46. The molecule has 19 heavy (non-hydrogen) atoms. The molecule has 1 saturated carbocycles. The van der Waals surface area contributed by atoms with E-state index in [2.05, 4.69) is 17.0 Å². The van der Waals surface area contributed by atoms with Crippen LogP contribution in [0.3, 0.4) is 0 Å². The summed E-state index contributed by atoms with van der Waals surface area (Å²) in [5, 5.41) is 9.58. The van der Waals surface area contributed by atoms with Gasteiger partial charge in [-0.2, -0.15) is 5.26 Å². The van der Waals surface area contributed by atoms with Crippen molar-refractivity contribution in [2.75, 3.05) is 20.9 Å². The summed E-state index contributed by atoms with van der Waals surface area (Å²) in [6.45, 7) is 0.287. The summed E-state index contributed by atoms with van der Waals surface area (Å²) in [6.07, 6.45) is 3.09. The van der Waals surface area contributed by atoms with Crippen molar-refractivity contribution in [3.8, 4) is 17.6 Å². The van der Waals surface area contributed by atoms with Gasteiger partial charge in [0.05, 0.1) is 17.5 Å². The first kappa shape index (κ1) is 12.3. The van der Waals surface area contributed by atoms with Gasteiger partial charge in [-0.25, -0.2) is 0 Å². The van der Waals surface area contributed by atoms with E-state index in [-0.39, 0.29) is 18.2 Å². The Kier molecular flexibility index (Phi) is 2.87. The normalized spacial score (nSPS) is 20.7. The van der Waals surface area contributed by atoms with Crippen LogP contribution in [0.15, 0.2) is 18.2 Å². The van der Waals surface area contributed by atoms with Crippen molar-refractivity contribution in [2.24, 2.45) is 5.41 Å². The molecule has 4 heteroatoms. The SMILES string of the molecule is CN(C)C(c1ccc2c(c1)OCO2)C1(C#N)CCC1. The van der Waals surface area contributed by atoms with E-state index < -0.39 is 0 Å². The second-order valence-corrected chi connectivity index (χ2v) is 5.60. The van der Waals surface area contributed by atoms with Gasteiger partial charge in [0.1, 0.15) is 0 Å². The summed E-state index contributed by atoms with van der Waals surface area (Å²) in [7, 11) is 4.07. The molecular formula is C15H18N2O2. The number of ether oxygens (including phenoxy) is 2. The Balaban J connectivity index is 1.99. The van der Waals surface area contributed by atoms with Gasteiger partial charge in [-0.3, -0.25) is 0 Å². The van der Waals surface area contributed by atoms with E-state index in [1.807, 2.05) is 26.2 Å². The molecule has 1 fully saturated rings. The monoisotopic (exact) mass is 258 g/mol. The lowest BCUT2D eigenvalue weighted by Crippen LogP contribution is -2.41. The summed E-state index contributed by atoms with van der Waals surface area (Å²) in [5.41, 5.74) is 0.882. The van der Waals surface area contributed by atoms with Crippen molar-refractivity contribution in [1.29, 1.82) is 5.26 Å². The van der Waals surface area contributed by atoms with Crippen molar-refractivity contribution >= 4 is 0 Å². The number of nitriles is 1. The van der Waals surface area contributed by atoms with Crippen LogP contribution in [0.1, 0.15) is 30.9 Å². The minimum absolute atomic E-state index is 0.112. The minimum Gasteiger partial charge on any atom is -0.454 e. The van der Waals surface area contributed by atoms with Crippen LogP contribution in [0, 0.1) is 16.7 Å². The van der Waals surface area contributed by atoms with E-state index in [0.29, 0.717) is 0 Å². The molecule has 3 rings (SSSR count).